The molecular formula is C21H22ClN3O. The van der Waals surface area contributed by atoms with Gasteiger partial charge in [0.25, 0.3) is 0 Å². The minimum Gasteiger partial charge on any atom is -0.487 e. The molecule has 0 aliphatic heterocycles. The molecule has 26 heavy (non-hydrogen) atoms. The standard InChI is InChI=1S/C21H22ClN3O/c1-16-10-11-17(13-19(16)22)14-25-18(15-24-2)7-5-6-12-26-21-9-4-3-8-20(21)23/h3-6,8-11,13-15H,2,7,12,23H2,1H3/b6-5-,18-15+,25-14?. The highest BCUT2D eigenvalue weighted by Crippen LogP contribution is 2.19. The Kier molecular flexibility index (Phi) is 7.65. The molecule has 0 aromatic heterocycles. The van der Waals surface area contributed by atoms with Crippen molar-refractivity contribution in [2.75, 3.05) is 12.3 Å². The van der Waals surface area contributed by atoms with Crippen molar-refractivity contribution in [1.29, 1.82) is 0 Å². The van der Waals surface area contributed by atoms with Crippen molar-refractivity contribution < 1.29 is 4.74 Å². The van der Waals surface area contributed by atoms with E-state index in [1.807, 2.05) is 61.5 Å². The van der Waals surface area contributed by atoms with E-state index in [0.717, 1.165) is 21.8 Å². The lowest BCUT2D eigenvalue weighted by Gasteiger charge is -2.05. The van der Waals surface area contributed by atoms with Gasteiger partial charge in [-0.1, -0.05) is 48.0 Å². The summed E-state index contributed by atoms with van der Waals surface area (Å²) in [6.07, 6.45) is 7.89. The summed E-state index contributed by atoms with van der Waals surface area (Å²) < 4.78 is 5.61. The second-order valence-corrected chi connectivity index (χ2v) is 6.00. The van der Waals surface area contributed by atoms with Gasteiger partial charge in [0, 0.05) is 23.9 Å². The van der Waals surface area contributed by atoms with Crippen molar-refractivity contribution >= 4 is 30.2 Å². The van der Waals surface area contributed by atoms with Crippen LogP contribution in [0.5, 0.6) is 5.75 Å². The molecule has 2 rings (SSSR count). The highest BCUT2D eigenvalue weighted by molar-refractivity contribution is 6.31. The van der Waals surface area contributed by atoms with Crippen LogP contribution in [0.3, 0.4) is 0 Å². The number of allylic oxidation sites excluding steroid dienone is 1. The SMILES string of the molecule is C=N/C=C(\C/C=C\COc1ccccc1N)N=Cc1ccc(C)c(Cl)c1. The number of para-hydroxylation sites is 2. The molecule has 134 valence electrons. The molecular weight excluding hydrogens is 346 g/mol. The predicted octanol–water partition coefficient (Wildman–Crippen LogP) is 5.22. The first-order valence-electron chi connectivity index (χ1n) is 8.17. The summed E-state index contributed by atoms with van der Waals surface area (Å²) in [6, 6.07) is 13.2. The van der Waals surface area contributed by atoms with Crippen LogP contribution in [-0.2, 0) is 0 Å². The van der Waals surface area contributed by atoms with Crippen LogP contribution in [0.15, 0.2) is 76.5 Å². The predicted molar refractivity (Wildman–Crippen MR) is 112 cm³/mol. The molecule has 0 radical (unpaired) electrons. The third kappa shape index (κ3) is 6.22. The number of aryl methyl sites for hydroxylation is 1. The van der Waals surface area contributed by atoms with Crippen LogP contribution in [-0.4, -0.2) is 19.5 Å². The average molecular weight is 368 g/mol. The molecule has 0 aliphatic carbocycles. The van der Waals surface area contributed by atoms with Gasteiger partial charge in [-0.05, 0) is 43.0 Å². The first-order valence-corrected chi connectivity index (χ1v) is 8.55. The maximum atomic E-state index is 6.13. The Bertz CT molecular complexity index is 841. The van der Waals surface area contributed by atoms with Gasteiger partial charge in [0.2, 0.25) is 0 Å². The molecule has 0 atom stereocenters. The smallest absolute Gasteiger partial charge is 0.142 e. The highest BCUT2D eigenvalue weighted by Gasteiger charge is 1.97. The Labute approximate surface area is 159 Å². The van der Waals surface area contributed by atoms with Gasteiger partial charge in [-0.25, -0.2) is 0 Å². The summed E-state index contributed by atoms with van der Waals surface area (Å²) in [4.78, 5) is 8.26. The number of nitrogens with zero attached hydrogens (tertiary/aromatic N) is 2. The molecule has 0 heterocycles. The summed E-state index contributed by atoms with van der Waals surface area (Å²) in [5.74, 6) is 0.676. The molecule has 0 saturated carbocycles. The van der Waals surface area contributed by atoms with Crippen molar-refractivity contribution in [3.63, 3.8) is 0 Å². The van der Waals surface area contributed by atoms with Crippen LogP contribution in [0.1, 0.15) is 17.5 Å². The molecule has 2 aromatic rings. The normalized spacial score (nSPS) is 12.0. The largest absolute Gasteiger partial charge is 0.487 e. The second kappa shape index (κ2) is 10.2. The minimum atomic E-state index is 0.431. The van der Waals surface area contributed by atoms with Gasteiger partial charge in [0.15, 0.2) is 0 Å². The van der Waals surface area contributed by atoms with E-state index in [4.69, 9.17) is 22.1 Å². The fourth-order valence-corrected chi connectivity index (χ4v) is 2.30. The van der Waals surface area contributed by atoms with Crippen LogP contribution in [0, 0.1) is 6.92 Å². The average Bonchev–Trinajstić information content (AvgIpc) is 2.63. The van der Waals surface area contributed by atoms with Gasteiger partial charge in [-0.15, -0.1) is 0 Å². The molecule has 0 aliphatic rings. The number of halogens is 1. The van der Waals surface area contributed by atoms with E-state index in [1.54, 1.807) is 12.4 Å². The second-order valence-electron chi connectivity index (χ2n) is 5.59. The fraction of sp³-hybridized carbons (Fsp3) is 0.143. The van der Waals surface area contributed by atoms with Crippen LogP contribution in [0.25, 0.3) is 0 Å². The lowest BCUT2D eigenvalue weighted by Crippen LogP contribution is -1.97. The highest BCUT2D eigenvalue weighted by atomic mass is 35.5. The number of nitrogens with two attached hydrogens (primary N) is 1. The van der Waals surface area contributed by atoms with Crippen LogP contribution in [0.4, 0.5) is 5.69 Å². The van der Waals surface area contributed by atoms with Gasteiger partial charge in [0.05, 0.1) is 11.4 Å². The number of benzene rings is 2. The van der Waals surface area contributed by atoms with Crippen molar-refractivity contribution in [3.8, 4) is 5.75 Å². The summed E-state index contributed by atoms with van der Waals surface area (Å²) in [7, 11) is 0. The van der Waals surface area contributed by atoms with E-state index in [0.29, 0.717) is 24.5 Å². The zero-order valence-corrected chi connectivity index (χ0v) is 15.5. The molecule has 0 amide bonds. The van der Waals surface area contributed by atoms with E-state index in [9.17, 15) is 0 Å². The Morgan fingerprint density at radius 3 is 2.77 bits per heavy atom. The lowest BCUT2D eigenvalue weighted by atomic mass is 10.2. The zero-order chi connectivity index (χ0) is 18.8. The summed E-state index contributed by atoms with van der Waals surface area (Å²) >= 11 is 6.13. The molecule has 4 nitrogen and oxygen atoms in total. The Morgan fingerprint density at radius 1 is 1.23 bits per heavy atom. The number of aliphatic imine (C=N–C) groups is 2. The first-order chi connectivity index (χ1) is 12.6. The number of anilines is 1. The topological polar surface area (TPSA) is 60.0 Å². The molecule has 0 spiro atoms. The number of ether oxygens (including phenoxy) is 1. The van der Waals surface area contributed by atoms with Crippen LogP contribution < -0.4 is 10.5 Å². The van der Waals surface area contributed by atoms with Gasteiger partial charge in [0.1, 0.15) is 12.4 Å². The molecule has 5 heteroatoms. The molecule has 0 unspecified atom stereocenters. The maximum absolute atomic E-state index is 6.13. The molecule has 2 aromatic carbocycles. The van der Waals surface area contributed by atoms with E-state index in [1.165, 1.54) is 0 Å². The van der Waals surface area contributed by atoms with Crippen molar-refractivity contribution in [2.45, 2.75) is 13.3 Å². The molecule has 0 saturated heterocycles. The van der Waals surface area contributed by atoms with Crippen molar-refractivity contribution in [3.05, 3.63) is 82.7 Å². The molecule has 0 fully saturated rings. The summed E-state index contributed by atoms with van der Waals surface area (Å²) in [5, 5.41) is 0.721. The van der Waals surface area contributed by atoms with Crippen molar-refractivity contribution in [1.82, 2.24) is 0 Å². The minimum absolute atomic E-state index is 0.431. The Balaban J connectivity index is 1.90. The van der Waals surface area contributed by atoms with E-state index >= 15 is 0 Å². The maximum Gasteiger partial charge on any atom is 0.142 e. The van der Waals surface area contributed by atoms with Gasteiger partial charge in [-0.3, -0.25) is 9.98 Å². The molecule has 0 bridgehead atoms. The van der Waals surface area contributed by atoms with Gasteiger partial charge < -0.3 is 10.5 Å². The monoisotopic (exact) mass is 367 g/mol. The lowest BCUT2D eigenvalue weighted by molar-refractivity contribution is 0.364. The zero-order valence-electron chi connectivity index (χ0n) is 14.7. The Hall–Kier alpha value is -2.85. The Morgan fingerprint density at radius 2 is 2.04 bits per heavy atom. The third-order valence-corrected chi connectivity index (χ3v) is 3.97. The van der Waals surface area contributed by atoms with Crippen LogP contribution in [0.2, 0.25) is 5.02 Å². The summed E-state index contributed by atoms with van der Waals surface area (Å²) in [5.41, 5.74) is 9.21. The van der Waals surface area contributed by atoms with E-state index < -0.39 is 0 Å². The third-order valence-electron chi connectivity index (χ3n) is 3.56. The fourth-order valence-electron chi connectivity index (χ4n) is 2.11. The molecule has 2 N–H and O–H groups in total. The number of hydrogen-bond acceptors (Lipinski definition) is 4. The van der Waals surface area contributed by atoms with Crippen LogP contribution >= 0.6 is 11.6 Å². The number of rotatable bonds is 8. The van der Waals surface area contributed by atoms with Crippen molar-refractivity contribution in [2.24, 2.45) is 9.98 Å². The van der Waals surface area contributed by atoms with Gasteiger partial charge in [-0.2, -0.15) is 0 Å². The number of hydrogen-bond donors (Lipinski definition) is 1. The first kappa shape index (κ1) is 19.5. The summed E-state index contributed by atoms with van der Waals surface area (Å²) in [6.45, 7) is 5.89. The van der Waals surface area contributed by atoms with E-state index in [-0.39, 0.29) is 0 Å². The van der Waals surface area contributed by atoms with E-state index in [2.05, 4.69) is 16.7 Å². The van der Waals surface area contributed by atoms with Gasteiger partial charge >= 0.3 is 0 Å². The quantitative estimate of drug-likeness (QED) is 0.395. The number of nitrogen functional groups attached to an aromatic ring is 1.